The Kier molecular flexibility index (Phi) is 10.1. The number of rotatable bonds is 8. The second-order valence-electron chi connectivity index (χ2n) is 17.8. The molecule has 0 amide bonds. The van der Waals surface area contributed by atoms with Crippen molar-refractivity contribution in [2.75, 3.05) is 0 Å². The van der Waals surface area contributed by atoms with Crippen LogP contribution in [-0.2, 0) is 0 Å². The van der Waals surface area contributed by atoms with Crippen LogP contribution in [0.3, 0.4) is 0 Å². The van der Waals surface area contributed by atoms with Crippen LogP contribution in [-0.4, -0.2) is 24.1 Å². The van der Waals surface area contributed by atoms with E-state index in [1.165, 1.54) is 0 Å². The molecule has 0 aliphatic rings. The summed E-state index contributed by atoms with van der Waals surface area (Å²) in [6.07, 6.45) is 0. The molecule has 0 aliphatic carbocycles. The Labute approximate surface area is 415 Å². The number of benzene rings is 10. The molecule has 13 rings (SSSR count). The van der Waals surface area contributed by atoms with Gasteiger partial charge >= 0.3 is 0 Å². The van der Waals surface area contributed by atoms with E-state index in [1.54, 1.807) is 0 Å². The lowest BCUT2D eigenvalue weighted by Crippen LogP contribution is -2.03. The predicted octanol–water partition coefficient (Wildman–Crippen LogP) is 16.5. The smallest absolute Gasteiger partial charge is 0.194 e. The quantitative estimate of drug-likeness (QED) is 0.142. The Morgan fingerprint density at radius 3 is 1.33 bits per heavy atom. The SMILES string of the molecule is [C-]#[N+]c1ccccc1-c1cc(-c2nc(-c3ccccc3)nc(-c3ccc(-n4c5ccccc5c5cc(-c6ccccc6)ccc54)c(C#N)c3)n2)ccc1-n1c2ccccc2c2cc(-c3ccccc3)ccc21. The molecule has 0 unspecified atom stereocenters. The highest BCUT2D eigenvalue weighted by Gasteiger charge is 2.22. The maximum absolute atomic E-state index is 10.9. The average Bonchev–Trinajstić information content (AvgIpc) is 3.97. The first kappa shape index (κ1) is 41.9. The summed E-state index contributed by atoms with van der Waals surface area (Å²) >= 11 is 0. The molecule has 0 saturated heterocycles. The van der Waals surface area contributed by atoms with Gasteiger partial charge in [0, 0.05) is 38.2 Å². The zero-order valence-corrected chi connectivity index (χ0v) is 38.6. The topological polar surface area (TPSA) is 76.7 Å². The summed E-state index contributed by atoms with van der Waals surface area (Å²) in [5.74, 6) is 1.39. The van der Waals surface area contributed by atoms with Crippen molar-refractivity contribution in [3.05, 3.63) is 254 Å². The third kappa shape index (κ3) is 7.08. The molecule has 0 atom stereocenters. The van der Waals surface area contributed by atoms with Crippen LogP contribution in [0.1, 0.15) is 5.56 Å². The van der Waals surface area contributed by atoms with E-state index in [0.717, 1.165) is 99.5 Å². The fraction of sp³-hybridized carbons (Fsp3) is 0. The molecule has 0 radical (unpaired) electrons. The van der Waals surface area contributed by atoms with Crippen molar-refractivity contribution in [2.24, 2.45) is 0 Å². The van der Waals surface area contributed by atoms with Crippen molar-refractivity contribution < 1.29 is 0 Å². The molecule has 3 heterocycles. The van der Waals surface area contributed by atoms with Gasteiger partial charge in [0.25, 0.3) is 0 Å². The van der Waals surface area contributed by atoms with Crippen LogP contribution in [0.5, 0.6) is 0 Å². The number of aromatic nitrogens is 5. The highest BCUT2D eigenvalue weighted by atomic mass is 15.0. The molecule has 10 aromatic carbocycles. The van der Waals surface area contributed by atoms with Gasteiger partial charge in [-0.2, -0.15) is 5.26 Å². The van der Waals surface area contributed by atoms with Gasteiger partial charge in [-0.05, 0) is 106 Å². The van der Waals surface area contributed by atoms with Crippen LogP contribution in [0.4, 0.5) is 5.69 Å². The third-order valence-corrected chi connectivity index (χ3v) is 13.7. The molecule has 72 heavy (non-hydrogen) atoms. The predicted molar refractivity (Wildman–Crippen MR) is 292 cm³/mol. The first-order valence-electron chi connectivity index (χ1n) is 23.8. The standard InChI is InChI=1S/C65H39N7/c1-67-56-26-14-11-23-50(56)53-40-48(32-36-60(53)72-59-28-16-13-25-52(59)55-39-46(30-35-62(55)72)43-19-7-3-8-20-43)65-69-63(44-21-9-4-10-22-44)68-64(70-65)47-31-33-57(49(37-47)41-66)71-58-27-15-12-24-51(58)54-38-45(29-34-61(54)71)42-17-5-2-6-18-42/h2-40H. The maximum Gasteiger partial charge on any atom is 0.194 e. The fourth-order valence-electron chi connectivity index (χ4n) is 10.3. The van der Waals surface area contributed by atoms with Crippen LogP contribution in [0.2, 0.25) is 0 Å². The summed E-state index contributed by atoms with van der Waals surface area (Å²) in [7, 11) is 0. The molecule has 334 valence electrons. The Morgan fingerprint density at radius 1 is 0.347 bits per heavy atom. The average molecular weight is 918 g/mol. The van der Waals surface area contributed by atoms with Crippen LogP contribution in [0.25, 0.3) is 127 Å². The normalized spacial score (nSPS) is 11.3. The number of fused-ring (bicyclic) bond motifs is 6. The van der Waals surface area contributed by atoms with Crippen molar-refractivity contribution in [1.29, 1.82) is 5.26 Å². The molecule has 0 aliphatic heterocycles. The second-order valence-corrected chi connectivity index (χ2v) is 17.8. The molecule has 7 nitrogen and oxygen atoms in total. The van der Waals surface area contributed by atoms with E-state index in [0.29, 0.717) is 34.3 Å². The number of para-hydroxylation sites is 3. The lowest BCUT2D eigenvalue weighted by atomic mass is 9.98. The monoisotopic (exact) mass is 917 g/mol. The van der Waals surface area contributed by atoms with Crippen molar-refractivity contribution in [2.45, 2.75) is 0 Å². The van der Waals surface area contributed by atoms with Gasteiger partial charge in [0.15, 0.2) is 23.2 Å². The Morgan fingerprint density at radius 2 is 0.778 bits per heavy atom. The van der Waals surface area contributed by atoms with Gasteiger partial charge in [0.2, 0.25) is 0 Å². The van der Waals surface area contributed by atoms with Gasteiger partial charge in [0.05, 0.1) is 45.6 Å². The number of hydrogen-bond acceptors (Lipinski definition) is 4. The summed E-state index contributed by atoms with van der Waals surface area (Å²) in [4.78, 5) is 19.5. The van der Waals surface area contributed by atoms with Crippen LogP contribution in [0, 0.1) is 17.9 Å². The van der Waals surface area contributed by atoms with E-state index in [4.69, 9.17) is 21.5 Å². The first-order chi connectivity index (χ1) is 35.6. The summed E-state index contributed by atoms with van der Waals surface area (Å²) in [6.45, 7) is 8.29. The van der Waals surface area contributed by atoms with Gasteiger partial charge < -0.3 is 9.13 Å². The zero-order valence-electron chi connectivity index (χ0n) is 38.6. The van der Waals surface area contributed by atoms with Crippen molar-refractivity contribution in [3.63, 3.8) is 0 Å². The number of nitrogens with zero attached hydrogens (tertiary/aromatic N) is 7. The van der Waals surface area contributed by atoms with Crippen molar-refractivity contribution >= 4 is 49.3 Å². The Hall–Kier alpha value is -10.2. The van der Waals surface area contributed by atoms with Crippen LogP contribution in [0.15, 0.2) is 237 Å². The molecule has 7 heteroatoms. The fourth-order valence-corrected chi connectivity index (χ4v) is 10.3. The zero-order chi connectivity index (χ0) is 48.1. The highest BCUT2D eigenvalue weighted by molar-refractivity contribution is 6.12. The summed E-state index contributed by atoms with van der Waals surface area (Å²) in [5, 5.41) is 15.4. The van der Waals surface area contributed by atoms with Gasteiger partial charge in [-0.15, -0.1) is 0 Å². The molecule has 13 aromatic rings. The molecule has 0 spiro atoms. The Balaban J connectivity index is 0.983. The molecule has 0 N–H and O–H groups in total. The van der Waals surface area contributed by atoms with E-state index >= 15 is 0 Å². The molecule has 3 aromatic heterocycles. The Bertz CT molecular complexity index is 4350. The van der Waals surface area contributed by atoms with Gasteiger partial charge in [0.1, 0.15) is 6.07 Å². The number of hydrogen-bond donors (Lipinski definition) is 0. The minimum Gasteiger partial charge on any atom is -0.309 e. The summed E-state index contributed by atoms with van der Waals surface area (Å²) in [6, 6.07) is 83.2. The molecular weight excluding hydrogens is 879 g/mol. The lowest BCUT2D eigenvalue weighted by molar-refractivity contribution is 1.07. The van der Waals surface area contributed by atoms with Crippen molar-refractivity contribution in [3.8, 4) is 85.0 Å². The largest absolute Gasteiger partial charge is 0.309 e. The van der Waals surface area contributed by atoms with Crippen LogP contribution >= 0.6 is 0 Å². The van der Waals surface area contributed by atoms with Crippen LogP contribution < -0.4 is 0 Å². The van der Waals surface area contributed by atoms with Gasteiger partial charge in [-0.3, -0.25) is 0 Å². The van der Waals surface area contributed by atoms with E-state index < -0.39 is 0 Å². The van der Waals surface area contributed by atoms with E-state index in [9.17, 15) is 5.26 Å². The molecule has 0 saturated carbocycles. The molecule has 0 bridgehead atoms. The van der Waals surface area contributed by atoms with Crippen molar-refractivity contribution in [1.82, 2.24) is 24.1 Å². The molecule has 0 fully saturated rings. The van der Waals surface area contributed by atoms with Gasteiger partial charge in [-0.25, -0.2) is 19.8 Å². The summed E-state index contributed by atoms with van der Waals surface area (Å²) in [5.41, 5.74) is 15.3. The minimum atomic E-state index is 0.431. The minimum absolute atomic E-state index is 0.431. The lowest BCUT2D eigenvalue weighted by Gasteiger charge is -2.17. The van der Waals surface area contributed by atoms with E-state index in [1.807, 2.05) is 91.0 Å². The maximum atomic E-state index is 10.9. The third-order valence-electron chi connectivity index (χ3n) is 13.7. The van der Waals surface area contributed by atoms with Gasteiger partial charge in [-0.1, -0.05) is 164 Å². The highest BCUT2D eigenvalue weighted by Crippen LogP contribution is 2.43. The first-order valence-corrected chi connectivity index (χ1v) is 23.8. The summed E-state index contributed by atoms with van der Waals surface area (Å²) < 4.78 is 4.48. The molecular formula is C65H39N7. The van der Waals surface area contributed by atoms with E-state index in [-0.39, 0.29) is 0 Å². The second kappa shape index (κ2) is 17.4. The number of nitriles is 1. The van der Waals surface area contributed by atoms with E-state index in [2.05, 4.69) is 166 Å².